The molecule has 0 saturated carbocycles. The highest BCUT2D eigenvalue weighted by Gasteiger charge is 2.06. The molecule has 0 aromatic rings. The zero-order valence-corrected chi connectivity index (χ0v) is 10.3. The van der Waals surface area contributed by atoms with Crippen LogP contribution in [0, 0.1) is 0 Å². The smallest absolute Gasteiger partial charge is 0.306 e. The number of unbranched alkanes of at least 4 members (excludes halogenated alkanes) is 1. The van der Waals surface area contributed by atoms with Crippen molar-refractivity contribution in [1.82, 2.24) is 0 Å². The molecule has 0 aliphatic heterocycles. The highest BCUT2D eigenvalue weighted by Crippen LogP contribution is 1.99. The van der Waals surface area contributed by atoms with Crippen molar-refractivity contribution in [2.24, 2.45) is 5.73 Å². The summed E-state index contributed by atoms with van der Waals surface area (Å²) in [5.74, 6) is -1.49. The molecule has 7 heteroatoms. The molecule has 0 saturated heterocycles. The summed E-state index contributed by atoms with van der Waals surface area (Å²) in [6, 6.07) is 0. The van der Waals surface area contributed by atoms with Gasteiger partial charge in [-0.15, -0.1) is 12.4 Å². The summed E-state index contributed by atoms with van der Waals surface area (Å²) in [6.07, 6.45) is 1.20. The molecular weight excluding hydrogens is 250 g/mol. The third-order valence-electron chi connectivity index (χ3n) is 1.88. The number of carbonyl (C=O) groups excluding carboxylic acids is 2. The number of esters is 1. The zero-order valence-electron chi connectivity index (χ0n) is 9.52. The van der Waals surface area contributed by atoms with Gasteiger partial charge in [0.1, 0.15) is 5.78 Å². The standard InChI is InChI=1S/C10H17NO5.ClH/c11-7-8(12)4-5-10(15)16-6-2-1-3-9(13)14;/h1-7,11H2,(H,13,14);1H. The molecule has 0 aliphatic carbocycles. The Morgan fingerprint density at radius 3 is 2.24 bits per heavy atom. The number of aliphatic carboxylic acids is 1. The van der Waals surface area contributed by atoms with E-state index < -0.39 is 11.9 Å². The number of rotatable bonds is 9. The summed E-state index contributed by atoms with van der Waals surface area (Å²) in [5.41, 5.74) is 5.07. The van der Waals surface area contributed by atoms with E-state index in [1.54, 1.807) is 0 Å². The van der Waals surface area contributed by atoms with E-state index in [0.29, 0.717) is 12.8 Å². The van der Waals surface area contributed by atoms with Crippen LogP contribution in [0.15, 0.2) is 0 Å². The van der Waals surface area contributed by atoms with Crippen LogP contribution in [-0.4, -0.2) is 36.0 Å². The lowest BCUT2D eigenvalue weighted by Crippen LogP contribution is -2.15. The Bertz CT molecular complexity index is 257. The number of hydrogen-bond donors (Lipinski definition) is 2. The zero-order chi connectivity index (χ0) is 12.4. The van der Waals surface area contributed by atoms with Crippen molar-refractivity contribution in [3.8, 4) is 0 Å². The number of Topliss-reactive ketones (excluding diaryl/α,β-unsaturated/α-hetero) is 1. The number of carbonyl (C=O) groups is 3. The van der Waals surface area contributed by atoms with Crippen molar-refractivity contribution < 1.29 is 24.2 Å². The number of ether oxygens (including phenoxy) is 1. The maximum atomic E-state index is 11.0. The highest BCUT2D eigenvalue weighted by molar-refractivity contribution is 5.85. The van der Waals surface area contributed by atoms with E-state index in [-0.39, 0.29) is 50.6 Å². The second-order valence-corrected chi connectivity index (χ2v) is 3.31. The van der Waals surface area contributed by atoms with Gasteiger partial charge in [0.15, 0.2) is 0 Å². The Labute approximate surface area is 106 Å². The number of ketones is 1. The molecule has 0 radical (unpaired) electrons. The summed E-state index contributed by atoms with van der Waals surface area (Å²) >= 11 is 0. The minimum atomic E-state index is -0.861. The number of hydrogen-bond acceptors (Lipinski definition) is 5. The first-order valence-electron chi connectivity index (χ1n) is 5.15. The number of carboxylic acids is 1. The lowest BCUT2D eigenvalue weighted by molar-refractivity contribution is -0.144. The minimum Gasteiger partial charge on any atom is -0.481 e. The molecule has 0 aromatic carbocycles. The fourth-order valence-corrected chi connectivity index (χ4v) is 0.980. The van der Waals surface area contributed by atoms with E-state index in [9.17, 15) is 14.4 Å². The van der Waals surface area contributed by atoms with Crippen molar-refractivity contribution in [2.45, 2.75) is 32.1 Å². The molecule has 0 aromatic heterocycles. The van der Waals surface area contributed by atoms with Gasteiger partial charge < -0.3 is 15.6 Å². The quantitative estimate of drug-likeness (QED) is 0.466. The van der Waals surface area contributed by atoms with Crippen LogP contribution in [0.1, 0.15) is 32.1 Å². The van der Waals surface area contributed by atoms with Crippen LogP contribution in [0.3, 0.4) is 0 Å². The Morgan fingerprint density at radius 1 is 1.06 bits per heavy atom. The average Bonchev–Trinajstić information content (AvgIpc) is 2.24. The van der Waals surface area contributed by atoms with Gasteiger partial charge in [0.2, 0.25) is 0 Å². The molecule has 100 valence electrons. The largest absolute Gasteiger partial charge is 0.481 e. The first-order valence-corrected chi connectivity index (χ1v) is 5.15. The lowest BCUT2D eigenvalue weighted by Gasteiger charge is -2.03. The molecule has 0 spiro atoms. The second-order valence-electron chi connectivity index (χ2n) is 3.31. The monoisotopic (exact) mass is 267 g/mol. The van der Waals surface area contributed by atoms with Gasteiger partial charge in [-0.3, -0.25) is 14.4 Å². The van der Waals surface area contributed by atoms with Crippen LogP contribution in [0.2, 0.25) is 0 Å². The Balaban J connectivity index is 0. The van der Waals surface area contributed by atoms with Crippen LogP contribution in [0.5, 0.6) is 0 Å². The van der Waals surface area contributed by atoms with Gasteiger partial charge in [-0.2, -0.15) is 0 Å². The van der Waals surface area contributed by atoms with Gasteiger partial charge in [0.25, 0.3) is 0 Å². The molecule has 0 heterocycles. The Hall–Kier alpha value is -1.14. The third kappa shape index (κ3) is 12.8. The molecule has 0 amide bonds. The van der Waals surface area contributed by atoms with Crippen LogP contribution in [-0.2, 0) is 19.1 Å². The van der Waals surface area contributed by atoms with Crippen molar-refractivity contribution in [3.63, 3.8) is 0 Å². The predicted molar refractivity (Wildman–Crippen MR) is 63.0 cm³/mol. The van der Waals surface area contributed by atoms with Crippen molar-refractivity contribution in [2.75, 3.05) is 13.2 Å². The molecule has 0 atom stereocenters. The molecule has 0 rings (SSSR count). The van der Waals surface area contributed by atoms with Gasteiger partial charge >= 0.3 is 11.9 Å². The maximum Gasteiger partial charge on any atom is 0.306 e. The van der Waals surface area contributed by atoms with E-state index in [1.165, 1.54) is 0 Å². The summed E-state index contributed by atoms with van der Waals surface area (Å²) in [5, 5.41) is 8.34. The van der Waals surface area contributed by atoms with Crippen molar-refractivity contribution in [1.29, 1.82) is 0 Å². The van der Waals surface area contributed by atoms with E-state index in [4.69, 9.17) is 15.6 Å². The number of halogens is 1. The molecular formula is C10H18ClNO5. The topological polar surface area (TPSA) is 107 Å². The maximum absolute atomic E-state index is 11.0. The van der Waals surface area contributed by atoms with Gasteiger partial charge in [0.05, 0.1) is 19.6 Å². The molecule has 17 heavy (non-hydrogen) atoms. The SMILES string of the molecule is Cl.NCC(=O)CCC(=O)OCCCCC(=O)O. The molecule has 0 unspecified atom stereocenters. The van der Waals surface area contributed by atoms with Gasteiger partial charge in [0, 0.05) is 12.8 Å². The van der Waals surface area contributed by atoms with Gasteiger partial charge in [-0.1, -0.05) is 0 Å². The fraction of sp³-hybridized carbons (Fsp3) is 0.700. The molecule has 3 N–H and O–H groups in total. The summed E-state index contributed by atoms with van der Waals surface area (Å²) in [7, 11) is 0. The second kappa shape index (κ2) is 11.3. The van der Waals surface area contributed by atoms with Crippen LogP contribution >= 0.6 is 12.4 Å². The normalized spacial score (nSPS) is 9.24. The molecule has 0 aliphatic rings. The van der Waals surface area contributed by atoms with Crippen molar-refractivity contribution in [3.05, 3.63) is 0 Å². The van der Waals surface area contributed by atoms with E-state index in [2.05, 4.69) is 0 Å². The number of carboxylic acid groups (broad SMARTS) is 1. The molecule has 6 nitrogen and oxygen atoms in total. The van der Waals surface area contributed by atoms with Gasteiger partial charge in [-0.25, -0.2) is 0 Å². The molecule has 0 bridgehead atoms. The van der Waals surface area contributed by atoms with Crippen LogP contribution < -0.4 is 5.73 Å². The lowest BCUT2D eigenvalue weighted by atomic mass is 10.2. The first-order chi connectivity index (χ1) is 7.56. The first kappa shape index (κ1) is 18.2. The molecule has 0 fully saturated rings. The summed E-state index contributed by atoms with van der Waals surface area (Å²) in [6.45, 7) is 0.134. The van der Waals surface area contributed by atoms with Gasteiger partial charge in [-0.05, 0) is 12.8 Å². The van der Waals surface area contributed by atoms with E-state index >= 15 is 0 Å². The third-order valence-corrected chi connectivity index (χ3v) is 1.88. The predicted octanol–water partition coefficient (Wildman–Crippen LogP) is 0.514. The Kier molecular flexibility index (Phi) is 12.2. The Morgan fingerprint density at radius 2 is 1.71 bits per heavy atom. The van der Waals surface area contributed by atoms with E-state index in [0.717, 1.165) is 0 Å². The average molecular weight is 268 g/mol. The summed E-state index contributed by atoms with van der Waals surface area (Å²) < 4.78 is 4.79. The number of nitrogens with two attached hydrogens (primary N) is 1. The summed E-state index contributed by atoms with van der Waals surface area (Å²) in [4.78, 5) is 31.9. The van der Waals surface area contributed by atoms with E-state index in [1.807, 2.05) is 0 Å². The minimum absolute atomic E-state index is 0. The van der Waals surface area contributed by atoms with Crippen LogP contribution in [0.4, 0.5) is 0 Å². The van der Waals surface area contributed by atoms with Crippen molar-refractivity contribution >= 4 is 30.1 Å². The highest BCUT2D eigenvalue weighted by atomic mass is 35.5. The van der Waals surface area contributed by atoms with Crippen LogP contribution in [0.25, 0.3) is 0 Å². The fourth-order valence-electron chi connectivity index (χ4n) is 0.980.